The Kier molecular flexibility index (Phi) is 4.89. The number of nitrogens with zero attached hydrogens (tertiary/aromatic N) is 2. The zero-order valence-corrected chi connectivity index (χ0v) is 11.3. The van der Waals surface area contributed by atoms with Gasteiger partial charge < -0.3 is 15.2 Å². The number of rotatable bonds is 6. The van der Waals surface area contributed by atoms with E-state index in [0.29, 0.717) is 16.6 Å². The Hall–Kier alpha value is -1.44. The molecule has 0 saturated carbocycles. The first-order chi connectivity index (χ1) is 9.13. The van der Waals surface area contributed by atoms with E-state index in [1.807, 2.05) is 0 Å². The van der Waals surface area contributed by atoms with Gasteiger partial charge in [0.1, 0.15) is 24.7 Å². The summed E-state index contributed by atoms with van der Waals surface area (Å²) in [5.74, 6) is -0.0628. The molecule has 0 radical (unpaired) electrons. The Balaban J connectivity index is 1.78. The minimum Gasteiger partial charge on any atom is -0.473 e. The maximum Gasteiger partial charge on any atom is 0.245 e. The summed E-state index contributed by atoms with van der Waals surface area (Å²) >= 11 is 6.74. The third kappa shape index (κ3) is 4.62. The van der Waals surface area contributed by atoms with Crippen LogP contribution < -0.4 is 10.1 Å². The molecular weight excluding hydrogens is 293 g/mol. The van der Waals surface area contributed by atoms with Gasteiger partial charge in [-0.15, -0.1) is 4.37 Å². The maximum absolute atomic E-state index is 13.1. The molecule has 8 heteroatoms. The van der Waals surface area contributed by atoms with Crippen LogP contribution in [0.5, 0.6) is 5.88 Å². The Morgan fingerprint density at radius 2 is 2.32 bits per heavy atom. The highest BCUT2D eigenvalue weighted by Crippen LogP contribution is 2.17. The lowest BCUT2D eigenvalue weighted by Gasteiger charge is -2.13. The molecule has 0 aliphatic heterocycles. The van der Waals surface area contributed by atoms with E-state index in [9.17, 15) is 9.50 Å². The molecule has 5 nitrogen and oxygen atoms in total. The molecule has 102 valence electrons. The summed E-state index contributed by atoms with van der Waals surface area (Å²) in [5, 5.41) is 12.9. The molecule has 2 rings (SSSR count). The van der Waals surface area contributed by atoms with E-state index < -0.39 is 11.9 Å². The summed E-state index contributed by atoms with van der Waals surface area (Å²) in [5.41, 5.74) is 0.499. The lowest BCUT2D eigenvalue weighted by molar-refractivity contribution is 0.115. The number of benzene rings is 1. The Bertz CT molecular complexity index is 506. The number of aromatic nitrogens is 2. The van der Waals surface area contributed by atoms with Crippen molar-refractivity contribution in [3.63, 3.8) is 0 Å². The van der Waals surface area contributed by atoms with Crippen LogP contribution in [0.25, 0.3) is 0 Å². The Labute approximate surface area is 118 Å². The second-order valence-corrected chi connectivity index (χ2v) is 4.74. The number of halogens is 2. The van der Waals surface area contributed by atoms with Crippen LogP contribution in [0, 0.1) is 5.82 Å². The van der Waals surface area contributed by atoms with Crippen LogP contribution in [-0.2, 0) is 0 Å². The highest BCUT2D eigenvalue weighted by atomic mass is 35.5. The predicted octanol–water partition coefficient (Wildman–Crippen LogP) is 2.18. The first kappa shape index (κ1) is 14.0. The Morgan fingerprint density at radius 1 is 1.47 bits per heavy atom. The van der Waals surface area contributed by atoms with Crippen molar-refractivity contribution < 1.29 is 14.2 Å². The summed E-state index contributed by atoms with van der Waals surface area (Å²) in [6.07, 6.45) is 0.709. The van der Waals surface area contributed by atoms with Crippen LogP contribution in [0.2, 0.25) is 5.02 Å². The van der Waals surface area contributed by atoms with E-state index in [-0.39, 0.29) is 13.2 Å². The fourth-order valence-electron chi connectivity index (χ4n) is 1.35. The van der Waals surface area contributed by atoms with E-state index in [1.54, 1.807) is 6.07 Å². The molecule has 1 unspecified atom stereocenters. The topological polar surface area (TPSA) is 67.3 Å². The van der Waals surface area contributed by atoms with Crippen molar-refractivity contribution in [2.45, 2.75) is 6.10 Å². The van der Waals surface area contributed by atoms with Gasteiger partial charge in [0.2, 0.25) is 5.88 Å². The molecule has 0 aliphatic rings. The number of hydrogen-bond acceptors (Lipinski definition) is 6. The van der Waals surface area contributed by atoms with Crippen LogP contribution >= 0.6 is 23.3 Å². The molecule has 2 aromatic rings. The molecule has 0 saturated heterocycles. The normalized spacial score (nSPS) is 12.2. The van der Waals surface area contributed by atoms with E-state index >= 15 is 0 Å². The van der Waals surface area contributed by atoms with Crippen molar-refractivity contribution in [1.29, 1.82) is 0 Å². The highest BCUT2D eigenvalue weighted by molar-refractivity contribution is 6.99. The number of nitrogens with one attached hydrogen (secondary N) is 1. The van der Waals surface area contributed by atoms with Gasteiger partial charge in [-0.1, -0.05) is 11.6 Å². The second-order valence-electron chi connectivity index (χ2n) is 3.75. The third-order valence-electron chi connectivity index (χ3n) is 2.17. The van der Waals surface area contributed by atoms with Crippen LogP contribution in [0.4, 0.5) is 10.1 Å². The van der Waals surface area contributed by atoms with Crippen molar-refractivity contribution in [2.24, 2.45) is 0 Å². The van der Waals surface area contributed by atoms with Crippen LogP contribution in [-0.4, -0.2) is 33.1 Å². The molecule has 0 amide bonds. The van der Waals surface area contributed by atoms with Gasteiger partial charge in [-0.2, -0.15) is 4.37 Å². The van der Waals surface area contributed by atoms with Gasteiger partial charge in [0, 0.05) is 17.3 Å². The molecule has 1 aromatic carbocycles. The van der Waals surface area contributed by atoms with E-state index in [0.717, 1.165) is 11.7 Å². The van der Waals surface area contributed by atoms with Crippen molar-refractivity contribution in [3.05, 3.63) is 35.2 Å². The zero-order chi connectivity index (χ0) is 13.7. The molecule has 0 fully saturated rings. The lowest BCUT2D eigenvalue weighted by atomic mass is 10.3. The fraction of sp³-hybridized carbons (Fsp3) is 0.273. The molecular formula is C11H11ClFN3O2S. The van der Waals surface area contributed by atoms with Crippen LogP contribution in [0.1, 0.15) is 0 Å². The lowest BCUT2D eigenvalue weighted by Crippen LogP contribution is -2.26. The summed E-state index contributed by atoms with van der Waals surface area (Å²) in [6, 6.07) is 4.08. The van der Waals surface area contributed by atoms with Gasteiger partial charge in [0.05, 0.1) is 11.7 Å². The second kappa shape index (κ2) is 6.65. The van der Waals surface area contributed by atoms with E-state index in [1.165, 1.54) is 18.3 Å². The SMILES string of the molecule is OC(CNc1cc(F)cc(Cl)c1)COc1cnsn1. The maximum atomic E-state index is 13.1. The average molecular weight is 304 g/mol. The van der Waals surface area contributed by atoms with Crippen molar-refractivity contribution in [1.82, 2.24) is 8.75 Å². The molecule has 1 aromatic heterocycles. The first-order valence-corrected chi connectivity index (χ1v) is 6.52. The van der Waals surface area contributed by atoms with E-state index in [2.05, 4.69) is 14.1 Å². The fourth-order valence-corrected chi connectivity index (χ4v) is 1.94. The number of aliphatic hydroxyl groups excluding tert-OH is 1. The number of ether oxygens (including phenoxy) is 1. The minimum atomic E-state index is -0.760. The van der Waals surface area contributed by atoms with Crippen molar-refractivity contribution in [3.8, 4) is 5.88 Å². The van der Waals surface area contributed by atoms with Gasteiger partial charge in [-0.25, -0.2) is 4.39 Å². The van der Waals surface area contributed by atoms with Crippen LogP contribution in [0.15, 0.2) is 24.4 Å². The van der Waals surface area contributed by atoms with Gasteiger partial charge in [-0.3, -0.25) is 0 Å². The molecule has 19 heavy (non-hydrogen) atoms. The molecule has 0 bridgehead atoms. The number of hydrogen-bond donors (Lipinski definition) is 2. The summed E-state index contributed by atoms with van der Waals surface area (Å²) in [4.78, 5) is 0. The summed E-state index contributed by atoms with van der Waals surface area (Å²) in [7, 11) is 0. The molecule has 1 heterocycles. The number of aliphatic hydroxyl groups is 1. The highest BCUT2D eigenvalue weighted by Gasteiger charge is 2.07. The molecule has 0 aliphatic carbocycles. The molecule has 2 N–H and O–H groups in total. The zero-order valence-electron chi connectivity index (χ0n) is 9.72. The van der Waals surface area contributed by atoms with Gasteiger partial charge in [0.25, 0.3) is 0 Å². The van der Waals surface area contributed by atoms with Crippen molar-refractivity contribution in [2.75, 3.05) is 18.5 Å². The summed E-state index contributed by atoms with van der Waals surface area (Å²) in [6.45, 7) is 0.277. The molecule has 1 atom stereocenters. The molecule has 0 spiro atoms. The van der Waals surface area contributed by atoms with Gasteiger partial charge in [0.15, 0.2) is 0 Å². The average Bonchev–Trinajstić information content (AvgIpc) is 2.86. The van der Waals surface area contributed by atoms with Gasteiger partial charge >= 0.3 is 0 Å². The standard InChI is InChI=1S/C11H11ClFN3O2S/c12-7-1-8(13)3-9(2-7)14-4-10(17)6-18-11-5-15-19-16-11/h1-3,5,10,14,17H,4,6H2. The third-order valence-corrected chi connectivity index (χ3v) is 2.85. The Morgan fingerprint density at radius 3 is 3.00 bits per heavy atom. The summed E-state index contributed by atoms with van der Waals surface area (Å²) < 4.78 is 25.9. The van der Waals surface area contributed by atoms with Crippen molar-refractivity contribution >= 4 is 29.0 Å². The quantitative estimate of drug-likeness (QED) is 0.856. The predicted molar refractivity (Wildman–Crippen MR) is 71.3 cm³/mol. The number of anilines is 1. The smallest absolute Gasteiger partial charge is 0.245 e. The largest absolute Gasteiger partial charge is 0.473 e. The first-order valence-electron chi connectivity index (χ1n) is 5.42. The van der Waals surface area contributed by atoms with E-state index in [4.69, 9.17) is 16.3 Å². The monoisotopic (exact) mass is 303 g/mol. The minimum absolute atomic E-state index is 0.0709. The van der Waals surface area contributed by atoms with Gasteiger partial charge in [-0.05, 0) is 18.2 Å². The van der Waals surface area contributed by atoms with Crippen LogP contribution in [0.3, 0.4) is 0 Å².